The van der Waals surface area contributed by atoms with Gasteiger partial charge in [-0.3, -0.25) is 0 Å². The lowest BCUT2D eigenvalue weighted by Gasteiger charge is -2.20. The van der Waals surface area contributed by atoms with Crippen LogP contribution in [0, 0.1) is 0 Å². The van der Waals surface area contributed by atoms with Crippen molar-refractivity contribution in [3.63, 3.8) is 0 Å². The van der Waals surface area contributed by atoms with Gasteiger partial charge in [0.25, 0.3) is 0 Å². The van der Waals surface area contributed by atoms with Gasteiger partial charge in [-0.1, -0.05) is 19.1 Å². The molecule has 0 heterocycles. The van der Waals surface area contributed by atoms with E-state index >= 15 is 0 Å². The van der Waals surface area contributed by atoms with Crippen LogP contribution >= 0.6 is 22.6 Å². The maximum atomic E-state index is 10.6. The van der Waals surface area contributed by atoms with Crippen molar-refractivity contribution < 1.29 is 14.6 Å². The summed E-state index contributed by atoms with van der Waals surface area (Å²) in [5.41, 5.74) is 5.67. The van der Waals surface area contributed by atoms with Crippen LogP contribution in [0.25, 0.3) is 0 Å². The second kappa shape index (κ2) is 7.67. The molecule has 0 bridgehead atoms. The zero-order valence-electron chi connectivity index (χ0n) is 9.74. The molecule has 0 spiro atoms. The Hall–Kier alpha value is -0.560. The van der Waals surface area contributed by atoms with E-state index in [1.54, 1.807) is 6.92 Å². The molecule has 0 aromatic carbocycles. The van der Waals surface area contributed by atoms with E-state index in [1.165, 1.54) is 0 Å². The third kappa shape index (κ3) is 4.98. The van der Waals surface area contributed by atoms with Crippen LogP contribution in [0.3, 0.4) is 0 Å². The molecule has 1 amide bonds. The number of carbonyl (C=O) groups excluding carboxylic acids is 1. The maximum Gasteiger partial charge on any atom is 0.404 e. The summed E-state index contributed by atoms with van der Waals surface area (Å²) >= 11 is 2.17. The van der Waals surface area contributed by atoms with E-state index in [2.05, 4.69) is 22.6 Å². The fourth-order valence-electron chi connectivity index (χ4n) is 1.23. The summed E-state index contributed by atoms with van der Waals surface area (Å²) in [5.74, 6) is 0. The van der Waals surface area contributed by atoms with Crippen LogP contribution in [-0.2, 0) is 4.74 Å². The molecule has 2 atom stereocenters. The van der Waals surface area contributed by atoms with Gasteiger partial charge in [0.1, 0.15) is 12.2 Å². The Labute approximate surface area is 110 Å². The quantitative estimate of drug-likeness (QED) is 0.597. The van der Waals surface area contributed by atoms with Crippen molar-refractivity contribution in [1.82, 2.24) is 0 Å². The van der Waals surface area contributed by atoms with Gasteiger partial charge < -0.3 is 15.6 Å². The summed E-state index contributed by atoms with van der Waals surface area (Å²) in [6.07, 6.45) is 2.09. The Morgan fingerprint density at radius 2 is 2.19 bits per heavy atom. The van der Waals surface area contributed by atoms with E-state index in [0.717, 1.165) is 15.6 Å². The molecule has 0 aliphatic carbocycles. The fourth-order valence-corrected chi connectivity index (χ4v) is 1.73. The van der Waals surface area contributed by atoms with Crippen molar-refractivity contribution >= 4 is 28.7 Å². The van der Waals surface area contributed by atoms with E-state index in [-0.39, 0.29) is 0 Å². The highest BCUT2D eigenvalue weighted by molar-refractivity contribution is 14.1. The molecule has 4 nitrogen and oxygen atoms in total. The molecule has 0 rings (SSSR count). The molecule has 0 fully saturated rings. The number of nitrogens with two attached hydrogens (primary N) is 1. The molecule has 0 aromatic heterocycles. The van der Waals surface area contributed by atoms with E-state index in [1.807, 2.05) is 26.0 Å². The average molecular weight is 339 g/mol. The number of carbonyl (C=O) groups is 1. The molecule has 92 valence electrons. The van der Waals surface area contributed by atoms with Crippen molar-refractivity contribution in [3.8, 4) is 0 Å². The summed E-state index contributed by atoms with van der Waals surface area (Å²) in [6.45, 7) is 5.47. The van der Waals surface area contributed by atoms with Crippen LogP contribution in [-0.4, -0.2) is 23.4 Å². The van der Waals surface area contributed by atoms with E-state index < -0.39 is 18.3 Å². The minimum atomic E-state index is -0.877. The third-order valence-corrected chi connectivity index (χ3v) is 3.42. The van der Waals surface area contributed by atoms with Gasteiger partial charge in [-0.25, -0.2) is 4.79 Å². The number of hydrogen-bond donors (Lipinski definition) is 2. The third-order valence-electron chi connectivity index (χ3n) is 2.04. The first-order valence-corrected chi connectivity index (χ1v) is 6.17. The van der Waals surface area contributed by atoms with Crippen LogP contribution < -0.4 is 5.73 Å². The molecule has 0 saturated carbocycles. The second-order valence-electron chi connectivity index (χ2n) is 3.30. The molecule has 0 saturated heterocycles. The summed E-state index contributed by atoms with van der Waals surface area (Å²) in [5, 5.41) is 10.0. The number of rotatable bonds is 5. The first-order chi connectivity index (χ1) is 7.43. The lowest BCUT2D eigenvalue weighted by molar-refractivity contribution is 0.0366. The van der Waals surface area contributed by atoms with E-state index in [0.29, 0.717) is 0 Å². The minimum Gasteiger partial charge on any atom is -0.444 e. The molecule has 0 aliphatic heterocycles. The average Bonchev–Trinajstić information content (AvgIpc) is 2.23. The van der Waals surface area contributed by atoms with Gasteiger partial charge in [0.15, 0.2) is 0 Å². The zero-order valence-corrected chi connectivity index (χ0v) is 11.9. The Bertz CT molecular complexity index is 300. The Morgan fingerprint density at radius 3 is 2.56 bits per heavy atom. The fraction of sp³-hybridized carbons (Fsp3) is 0.545. The number of halogens is 1. The summed E-state index contributed by atoms with van der Waals surface area (Å²) in [4.78, 5) is 10.6. The maximum absolute atomic E-state index is 10.6. The molecule has 0 aromatic rings. The molecule has 3 N–H and O–H groups in total. The first-order valence-electron chi connectivity index (χ1n) is 5.09. The summed E-state index contributed by atoms with van der Waals surface area (Å²) in [6, 6.07) is 0. The smallest absolute Gasteiger partial charge is 0.404 e. The number of aliphatic hydroxyl groups excluding tert-OH is 1. The zero-order chi connectivity index (χ0) is 12.7. The normalized spacial score (nSPS) is 16.8. The van der Waals surface area contributed by atoms with Crippen molar-refractivity contribution in [3.05, 3.63) is 21.3 Å². The van der Waals surface area contributed by atoms with Gasteiger partial charge in [0.05, 0.1) is 0 Å². The molecular formula is C11H18INO3. The highest BCUT2D eigenvalue weighted by Gasteiger charge is 2.21. The Balaban J connectivity index is 4.88. The number of ether oxygens (including phenoxy) is 1. The molecule has 0 radical (unpaired) electrons. The predicted molar refractivity (Wildman–Crippen MR) is 72.3 cm³/mol. The summed E-state index contributed by atoms with van der Waals surface area (Å²) in [7, 11) is 0. The van der Waals surface area contributed by atoms with Crippen LogP contribution in [0.5, 0.6) is 0 Å². The van der Waals surface area contributed by atoms with Crippen molar-refractivity contribution in [2.75, 3.05) is 0 Å². The summed E-state index contributed by atoms with van der Waals surface area (Å²) < 4.78 is 5.78. The van der Waals surface area contributed by atoms with Crippen LogP contribution in [0.4, 0.5) is 4.79 Å². The van der Waals surface area contributed by atoms with Gasteiger partial charge in [0, 0.05) is 0 Å². The van der Waals surface area contributed by atoms with Crippen molar-refractivity contribution in [1.29, 1.82) is 0 Å². The van der Waals surface area contributed by atoms with Crippen LogP contribution in [0.1, 0.15) is 27.2 Å². The number of hydrogen-bond acceptors (Lipinski definition) is 3. The van der Waals surface area contributed by atoms with Gasteiger partial charge in [0.2, 0.25) is 0 Å². The second-order valence-corrected chi connectivity index (χ2v) is 4.60. The Kier molecular flexibility index (Phi) is 7.40. The molecular weight excluding hydrogens is 321 g/mol. The number of primary amides is 1. The van der Waals surface area contributed by atoms with Gasteiger partial charge in [-0.15, -0.1) is 0 Å². The monoisotopic (exact) mass is 339 g/mol. The van der Waals surface area contributed by atoms with E-state index in [9.17, 15) is 9.90 Å². The number of amides is 1. The van der Waals surface area contributed by atoms with E-state index in [4.69, 9.17) is 10.5 Å². The number of allylic oxidation sites excluding steroid dienone is 2. The minimum absolute atomic E-state index is 0.653. The number of aliphatic hydroxyl groups is 1. The highest BCUT2D eigenvalue weighted by atomic mass is 127. The molecule has 0 unspecified atom stereocenters. The lowest BCUT2D eigenvalue weighted by atomic mass is 10.0. The van der Waals surface area contributed by atoms with Crippen LogP contribution in [0.15, 0.2) is 21.3 Å². The first kappa shape index (κ1) is 15.4. The van der Waals surface area contributed by atoms with Crippen LogP contribution in [0.2, 0.25) is 0 Å². The largest absolute Gasteiger partial charge is 0.444 e. The van der Waals surface area contributed by atoms with Gasteiger partial charge >= 0.3 is 6.09 Å². The molecule has 0 aliphatic rings. The molecule has 16 heavy (non-hydrogen) atoms. The predicted octanol–water partition coefficient (Wildman–Crippen LogP) is 2.51. The topological polar surface area (TPSA) is 72.6 Å². The van der Waals surface area contributed by atoms with Gasteiger partial charge in [-0.2, -0.15) is 0 Å². The SMILES string of the molecule is C/C=C\C(=C(\I)CC)[C@@H](O)[C@@H](C)OC(N)=O. The Morgan fingerprint density at radius 1 is 1.62 bits per heavy atom. The lowest BCUT2D eigenvalue weighted by Crippen LogP contribution is -2.32. The van der Waals surface area contributed by atoms with Gasteiger partial charge in [-0.05, 0) is 52.0 Å². The highest BCUT2D eigenvalue weighted by Crippen LogP contribution is 2.23. The standard InChI is InChI=1S/C11H18INO3/c1-4-6-8(9(12)5-2)10(14)7(3)16-11(13)15/h4,6-7,10,14H,5H2,1-3H3,(H2,13,15)/b6-4-,9-8-/t7-,10+/m1/s1. The molecule has 5 heteroatoms. The van der Waals surface area contributed by atoms with Crippen molar-refractivity contribution in [2.45, 2.75) is 39.4 Å². The van der Waals surface area contributed by atoms with Crippen molar-refractivity contribution in [2.24, 2.45) is 5.73 Å².